The van der Waals surface area contributed by atoms with E-state index in [1.807, 2.05) is 18.2 Å². The fraction of sp³-hybridized carbons (Fsp3) is 0.278. The van der Waals surface area contributed by atoms with Gasteiger partial charge < -0.3 is 14.8 Å². The van der Waals surface area contributed by atoms with Gasteiger partial charge in [-0.3, -0.25) is 4.79 Å². The van der Waals surface area contributed by atoms with E-state index >= 15 is 0 Å². The lowest BCUT2D eigenvalue weighted by molar-refractivity contribution is -0.115. The van der Waals surface area contributed by atoms with Gasteiger partial charge in [0.2, 0.25) is 12.7 Å². The molecule has 3 rings (SSSR count). The van der Waals surface area contributed by atoms with Crippen molar-refractivity contribution < 1.29 is 14.3 Å². The van der Waals surface area contributed by atoms with E-state index in [0.717, 1.165) is 5.56 Å². The molecule has 1 aliphatic heterocycles. The number of carbonyl (C=O) groups excluding carboxylic acids is 1. The molecule has 0 atom stereocenters. The molecule has 4 nitrogen and oxygen atoms in total. The Kier molecular flexibility index (Phi) is 4.00. The SMILES string of the molecule is CC(C)c1ccc(CC(=O)Nc2ccc3c(c2)OCO3)cc1. The molecular formula is C18H19NO3. The van der Waals surface area contributed by atoms with Crippen LogP contribution in [0.2, 0.25) is 0 Å². The summed E-state index contributed by atoms with van der Waals surface area (Å²) in [6.45, 7) is 4.54. The highest BCUT2D eigenvalue weighted by atomic mass is 16.7. The number of rotatable bonds is 4. The van der Waals surface area contributed by atoms with Crippen molar-refractivity contribution in [2.75, 3.05) is 12.1 Å². The minimum atomic E-state index is -0.0452. The van der Waals surface area contributed by atoms with Crippen LogP contribution >= 0.6 is 0 Å². The second-order valence-corrected chi connectivity index (χ2v) is 5.69. The predicted octanol–water partition coefficient (Wildman–Crippen LogP) is 3.72. The molecule has 0 saturated carbocycles. The van der Waals surface area contributed by atoms with Crippen molar-refractivity contribution >= 4 is 11.6 Å². The van der Waals surface area contributed by atoms with Gasteiger partial charge in [0.15, 0.2) is 11.5 Å². The van der Waals surface area contributed by atoms with Gasteiger partial charge in [-0.2, -0.15) is 0 Å². The number of amides is 1. The molecule has 0 aromatic heterocycles. The van der Waals surface area contributed by atoms with Crippen molar-refractivity contribution in [2.24, 2.45) is 0 Å². The van der Waals surface area contributed by atoms with E-state index in [4.69, 9.17) is 9.47 Å². The van der Waals surface area contributed by atoms with Crippen molar-refractivity contribution in [1.82, 2.24) is 0 Å². The van der Waals surface area contributed by atoms with Crippen LogP contribution in [0.5, 0.6) is 11.5 Å². The van der Waals surface area contributed by atoms with Crippen LogP contribution in [0.4, 0.5) is 5.69 Å². The zero-order valence-corrected chi connectivity index (χ0v) is 12.8. The summed E-state index contributed by atoms with van der Waals surface area (Å²) in [5.74, 6) is 1.83. The minimum Gasteiger partial charge on any atom is -0.454 e. The summed E-state index contributed by atoms with van der Waals surface area (Å²) in [6.07, 6.45) is 0.354. The number of carbonyl (C=O) groups is 1. The number of anilines is 1. The first-order valence-electron chi connectivity index (χ1n) is 7.40. The maximum absolute atomic E-state index is 12.1. The zero-order valence-electron chi connectivity index (χ0n) is 12.8. The van der Waals surface area contributed by atoms with E-state index in [1.54, 1.807) is 12.1 Å². The van der Waals surface area contributed by atoms with Crippen LogP contribution in [-0.2, 0) is 11.2 Å². The second-order valence-electron chi connectivity index (χ2n) is 5.69. The summed E-state index contributed by atoms with van der Waals surface area (Å²) in [5, 5.41) is 2.88. The summed E-state index contributed by atoms with van der Waals surface area (Å²) in [6, 6.07) is 13.6. The Morgan fingerprint density at radius 1 is 1.09 bits per heavy atom. The van der Waals surface area contributed by atoms with Crippen molar-refractivity contribution in [3.8, 4) is 11.5 Å². The lowest BCUT2D eigenvalue weighted by atomic mass is 10.0. The molecule has 1 N–H and O–H groups in total. The summed E-state index contributed by atoms with van der Waals surface area (Å²) in [5.41, 5.74) is 3.00. The summed E-state index contributed by atoms with van der Waals surface area (Å²) < 4.78 is 10.6. The third kappa shape index (κ3) is 3.22. The number of benzene rings is 2. The minimum absolute atomic E-state index is 0.0452. The first-order valence-corrected chi connectivity index (χ1v) is 7.40. The van der Waals surface area contributed by atoms with E-state index in [0.29, 0.717) is 29.5 Å². The van der Waals surface area contributed by atoms with Crippen LogP contribution in [0, 0.1) is 0 Å². The average molecular weight is 297 g/mol. The van der Waals surface area contributed by atoms with Gasteiger partial charge in [0.05, 0.1) is 6.42 Å². The second kappa shape index (κ2) is 6.10. The van der Waals surface area contributed by atoms with Crippen molar-refractivity contribution in [3.05, 3.63) is 53.6 Å². The Bertz CT molecular complexity index is 677. The number of nitrogens with one attached hydrogen (secondary N) is 1. The summed E-state index contributed by atoms with van der Waals surface area (Å²) >= 11 is 0. The van der Waals surface area contributed by atoms with Gasteiger partial charge in [0.1, 0.15) is 0 Å². The fourth-order valence-corrected chi connectivity index (χ4v) is 2.39. The first kappa shape index (κ1) is 14.4. The smallest absolute Gasteiger partial charge is 0.231 e. The summed E-state index contributed by atoms with van der Waals surface area (Å²) in [7, 11) is 0. The highest BCUT2D eigenvalue weighted by Gasteiger charge is 2.14. The Morgan fingerprint density at radius 2 is 1.82 bits per heavy atom. The van der Waals surface area contributed by atoms with E-state index in [9.17, 15) is 4.79 Å². The molecule has 0 radical (unpaired) electrons. The number of hydrogen-bond donors (Lipinski definition) is 1. The van der Waals surface area contributed by atoms with Gasteiger partial charge in [0.25, 0.3) is 0 Å². The quantitative estimate of drug-likeness (QED) is 0.935. The first-order chi connectivity index (χ1) is 10.6. The van der Waals surface area contributed by atoms with Crippen molar-refractivity contribution in [3.63, 3.8) is 0 Å². The van der Waals surface area contributed by atoms with E-state index in [-0.39, 0.29) is 12.7 Å². The standard InChI is InChI=1S/C18H19NO3/c1-12(2)14-5-3-13(4-6-14)9-18(20)19-15-7-8-16-17(10-15)22-11-21-16/h3-8,10,12H,9,11H2,1-2H3,(H,19,20). The van der Waals surface area contributed by atoms with Crippen LogP contribution in [0.15, 0.2) is 42.5 Å². The average Bonchev–Trinajstić information content (AvgIpc) is 2.95. The maximum atomic E-state index is 12.1. The van der Waals surface area contributed by atoms with Crippen molar-refractivity contribution in [1.29, 1.82) is 0 Å². The normalized spacial score (nSPS) is 12.5. The molecule has 1 amide bonds. The Labute approximate surface area is 130 Å². The van der Waals surface area contributed by atoms with Gasteiger partial charge in [-0.05, 0) is 29.2 Å². The number of hydrogen-bond acceptors (Lipinski definition) is 3. The molecule has 1 heterocycles. The fourth-order valence-electron chi connectivity index (χ4n) is 2.39. The van der Waals surface area contributed by atoms with Crippen LogP contribution < -0.4 is 14.8 Å². The van der Waals surface area contributed by atoms with Gasteiger partial charge in [-0.15, -0.1) is 0 Å². The van der Waals surface area contributed by atoms with E-state index in [2.05, 4.69) is 31.3 Å². The van der Waals surface area contributed by atoms with Crippen LogP contribution in [0.3, 0.4) is 0 Å². The maximum Gasteiger partial charge on any atom is 0.231 e. The van der Waals surface area contributed by atoms with E-state index in [1.165, 1.54) is 5.56 Å². The molecular weight excluding hydrogens is 278 g/mol. The van der Waals surface area contributed by atoms with E-state index < -0.39 is 0 Å². The molecule has 2 aromatic rings. The molecule has 114 valence electrons. The Hall–Kier alpha value is -2.49. The van der Waals surface area contributed by atoms with Gasteiger partial charge in [-0.25, -0.2) is 0 Å². The highest BCUT2D eigenvalue weighted by Crippen LogP contribution is 2.34. The van der Waals surface area contributed by atoms with Crippen LogP contribution in [0.25, 0.3) is 0 Å². The van der Waals surface area contributed by atoms with Crippen LogP contribution in [-0.4, -0.2) is 12.7 Å². The van der Waals surface area contributed by atoms with Gasteiger partial charge >= 0.3 is 0 Å². The lowest BCUT2D eigenvalue weighted by Gasteiger charge is -2.08. The number of fused-ring (bicyclic) bond motifs is 1. The molecule has 4 heteroatoms. The number of ether oxygens (including phenoxy) is 2. The highest BCUT2D eigenvalue weighted by molar-refractivity contribution is 5.92. The molecule has 0 fully saturated rings. The largest absolute Gasteiger partial charge is 0.454 e. The molecule has 0 unspecified atom stereocenters. The third-order valence-electron chi connectivity index (χ3n) is 3.67. The topological polar surface area (TPSA) is 47.6 Å². The molecule has 0 bridgehead atoms. The van der Waals surface area contributed by atoms with Gasteiger partial charge in [-0.1, -0.05) is 38.1 Å². The molecule has 1 aliphatic rings. The van der Waals surface area contributed by atoms with Crippen molar-refractivity contribution in [2.45, 2.75) is 26.2 Å². The molecule has 0 saturated heterocycles. The predicted molar refractivity (Wildman–Crippen MR) is 85.4 cm³/mol. The molecule has 0 spiro atoms. The molecule has 2 aromatic carbocycles. The Morgan fingerprint density at radius 3 is 2.55 bits per heavy atom. The summed E-state index contributed by atoms with van der Waals surface area (Å²) in [4.78, 5) is 12.1. The molecule has 22 heavy (non-hydrogen) atoms. The third-order valence-corrected chi connectivity index (χ3v) is 3.67. The molecule has 0 aliphatic carbocycles. The van der Waals surface area contributed by atoms with Gasteiger partial charge in [0, 0.05) is 11.8 Å². The zero-order chi connectivity index (χ0) is 15.5. The van der Waals surface area contributed by atoms with Crippen LogP contribution in [0.1, 0.15) is 30.9 Å². The Balaban J connectivity index is 1.62. The lowest BCUT2D eigenvalue weighted by Crippen LogP contribution is -2.14. The monoisotopic (exact) mass is 297 g/mol.